The standard InChI is InChI=1S/C18H31N/c1-5-7-8-9-18(19-6-2)17-12-10-16(11-13-17)14-15(3)4/h10-13,15,18-19H,5-9,14H2,1-4H3. The summed E-state index contributed by atoms with van der Waals surface area (Å²) in [5.41, 5.74) is 2.91. The molecule has 0 radical (unpaired) electrons. The van der Waals surface area contributed by atoms with Crippen molar-refractivity contribution in [1.82, 2.24) is 5.32 Å². The predicted octanol–water partition coefficient (Wildman–Crippen LogP) is 5.12. The first-order chi connectivity index (χ1) is 9.17. The first-order valence-electron chi connectivity index (χ1n) is 7.99. The zero-order chi connectivity index (χ0) is 14.1. The molecule has 0 saturated heterocycles. The Bertz CT molecular complexity index is 326. The van der Waals surface area contributed by atoms with E-state index in [1.165, 1.54) is 43.2 Å². The first-order valence-corrected chi connectivity index (χ1v) is 7.99. The van der Waals surface area contributed by atoms with Crippen LogP contribution < -0.4 is 5.32 Å². The molecule has 0 aliphatic carbocycles. The van der Waals surface area contributed by atoms with Crippen molar-refractivity contribution in [2.45, 2.75) is 65.8 Å². The number of rotatable bonds is 9. The fraction of sp³-hybridized carbons (Fsp3) is 0.667. The second-order valence-electron chi connectivity index (χ2n) is 5.95. The molecule has 108 valence electrons. The van der Waals surface area contributed by atoms with Gasteiger partial charge in [-0.05, 0) is 36.4 Å². The summed E-state index contributed by atoms with van der Waals surface area (Å²) in [4.78, 5) is 0. The number of hydrogen-bond acceptors (Lipinski definition) is 1. The molecule has 1 heteroatoms. The number of nitrogens with one attached hydrogen (secondary N) is 1. The van der Waals surface area contributed by atoms with Gasteiger partial charge in [-0.2, -0.15) is 0 Å². The summed E-state index contributed by atoms with van der Waals surface area (Å²) in [6.45, 7) is 10.1. The third kappa shape index (κ3) is 6.24. The van der Waals surface area contributed by atoms with Crippen LogP contribution in [0.4, 0.5) is 0 Å². The lowest BCUT2D eigenvalue weighted by Gasteiger charge is -2.19. The van der Waals surface area contributed by atoms with E-state index in [0.717, 1.165) is 12.5 Å². The van der Waals surface area contributed by atoms with E-state index in [-0.39, 0.29) is 0 Å². The van der Waals surface area contributed by atoms with Crippen molar-refractivity contribution in [1.29, 1.82) is 0 Å². The van der Waals surface area contributed by atoms with Crippen molar-refractivity contribution in [3.05, 3.63) is 35.4 Å². The summed E-state index contributed by atoms with van der Waals surface area (Å²) in [6, 6.07) is 9.78. The Balaban J connectivity index is 2.62. The summed E-state index contributed by atoms with van der Waals surface area (Å²) >= 11 is 0. The summed E-state index contributed by atoms with van der Waals surface area (Å²) in [5, 5.41) is 3.62. The highest BCUT2D eigenvalue weighted by Gasteiger charge is 2.09. The van der Waals surface area contributed by atoms with Gasteiger partial charge in [0.25, 0.3) is 0 Å². The summed E-state index contributed by atoms with van der Waals surface area (Å²) in [7, 11) is 0. The molecule has 0 amide bonds. The topological polar surface area (TPSA) is 12.0 Å². The van der Waals surface area contributed by atoms with Gasteiger partial charge >= 0.3 is 0 Å². The van der Waals surface area contributed by atoms with E-state index >= 15 is 0 Å². The van der Waals surface area contributed by atoms with Gasteiger partial charge in [-0.15, -0.1) is 0 Å². The van der Waals surface area contributed by atoms with Crippen molar-refractivity contribution in [2.75, 3.05) is 6.54 Å². The van der Waals surface area contributed by atoms with Gasteiger partial charge in [-0.3, -0.25) is 0 Å². The number of unbranched alkanes of at least 4 members (excludes halogenated alkanes) is 2. The van der Waals surface area contributed by atoms with Gasteiger partial charge in [-0.1, -0.05) is 71.2 Å². The SMILES string of the molecule is CCCCCC(NCC)c1ccc(CC(C)C)cc1. The molecule has 0 heterocycles. The molecule has 0 spiro atoms. The van der Waals surface area contributed by atoms with Crippen LogP contribution in [0.25, 0.3) is 0 Å². The van der Waals surface area contributed by atoms with Crippen molar-refractivity contribution >= 4 is 0 Å². The minimum absolute atomic E-state index is 0.532. The summed E-state index contributed by atoms with van der Waals surface area (Å²) in [5.74, 6) is 0.736. The van der Waals surface area contributed by atoms with E-state index in [0.29, 0.717) is 6.04 Å². The molecule has 19 heavy (non-hydrogen) atoms. The molecule has 1 rings (SSSR count). The van der Waals surface area contributed by atoms with E-state index in [9.17, 15) is 0 Å². The molecule has 1 atom stereocenters. The van der Waals surface area contributed by atoms with Crippen molar-refractivity contribution in [3.63, 3.8) is 0 Å². The number of hydrogen-bond donors (Lipinski definition) is 1. The first kappa shape index (κ1) is 16.2. The quantitative estimate of drug-likeness (QED) is 0.609. The molecule has 1 aromatic rings. The third-order valence-electron chi connectivity index (χ3n) is 3.57. The average Bonchev–Trinajstić information content (AvgIpc) is 2.38. The van der Waals surface area contributed by atoms with Gasteiger partial charge in [0.15, 0.2) is 0 Å². The van der Waals surface area contributed by atoms with E-state index in [2.05, 4.69) is 57.3 Å². The van der Waals surface area contributed by atoms with Gasteiger partial charge in [0, 0.05) is 6.04 Å². The highest BCUT2D eigenvalue weighted by molar-refractivity contribution is 5.25. The highest BCUT2D eigenvalue weighted by Crippen LogP contribution is 2.21. The molecule has 1 unspecified atom stereocenters. The molecular weight excluding hydrogens is 230 g/mol. The smallest absolute Gasteiger partial charge is 0.0320 e. The molecule has 0 aromatic heterocycles. The van der Waals surface area contributed by atoms with Crippen LogP contribution in [0.5, 0.6) is 0 Å². The maximum absolute atomic E-state index is 3.62. The summed E-state index contributed by atoms with van der Waals surface area (Å²) < 4.78 is 0. The highest BCUT2D eigenvalue weighted by atomic mass is 14.9. The van der Waals surface area contributed by atoms with E-state index < -0.39 is 0 Å². The zero-order valence-corrected chi connectivity index (χ0v) is 13.2. The van der Waals surface area contributed by atoms with Crippen LogP contribution in [0, 0.1) is 5.92 Å². The van der Waals surface area contributed by atoms with E-state index in [1.807, 2.05) is 0 Å². The summed E-state index contributed by atoms with van der Waals surface area (Å²) in [6.07, 6.45) is 6.40. The Morgan fingerprint density at radius 3 is 2.21 bits per heavy atom. The zero-order valence-electron chi connectivity index (χ0n) is 13.2. The Kier molecular flexibility index (Phi) is 7.81. The predicted molar refractivity (Wildman–Crippen MR) is 85.5 cm³/mol. The molecule has 0 aliphatic heterocycles. The fourth-order valence-corrected chi connectivity index (χ4v) is 2.59. The van der Waals surface area contributed by atoms with Crippen LogP contribution in [-0.4, -0.2) is 6.54 Å². The van der Waals surface area contributed by atoms with Gasteiger partial charge in [0.05, 0.1) is 0 Å². The lowest BCUT2D eigenvalue weighted by molar-refractivity contribution is 0.486. The maximum atomic E-state index is 3.62. The normalized spacial score (nSPS) is 12.9. The van der Waals surface area contributed by atoms with Crippen molar-refractivity contribution < 1.29 is 0 Å². The minimum Gasteiger partial charge on any atom is -0.310 e. The molecule has 0 fully saturated rings. The largest absolute Gasteiger partial charge is 0.310 e. The average molecular weight is 261 g/mol. The fourth-order valence-electron chi connectivity index (χ4n) is 2.59. The van der Waals surface area contributed by atoms with Gasteiger partial charge in [-0.25, -0.2) is 0 Å². The van der Waals surface area contributed by atoms with Gasteiger partial charge < -0.3 is 5.32 Å². The lowest BCUT2D eigenvalue weighted by Crippen LogP contribution is -2.20. The Morgan fingerprint density at radius 2 is 1.68 bits per heavy atom. The molecule has 0 bridgehead atoms. The van der Waals surface area contributed by atoms with Gasteiger partial charge in [0.1, 0.15) is 0 Å². The Morgan fingerprint density at radius 1 is 1.00 bits per heavy atom. The van der Waals surface area contributed by atoms with Crippen LogP contribution in [0.1, 0.15) is 70.5 Å². The second-order valence-corrected chi connectivity index (χ2v) is 5.95. The minimum atomic E-state index is 0.532. The van der Waals surface area contributed by atoms with Crippen LogP contribution >= 0.6 is 0 Å². The van der Waals surface area contributed by atoms with Crippen LogP contribution in [-0.2, 0) is 6.42 Å². The van der Waals surface area contributed by atoms with Crippen molar-refractivity contribution in [3.8, 4) is 0 Å². The number of benzene rings is 1. The van der Waals surface area contributed by atoms with Crippen molar-refractivity contribution in [2.24, 2.45) is 5.92 Å². The monoisotopic (exact) mass is 261 g/mol. The van der Waals surface area contributed by atoms with Gasteiger partial charge in [0.2, 0.25) is 0 Å². The molecule has 1 nitrogen and oxygen atoms in total. The van der Waals surface area contributed by atoms with Crippen LogP contribution in [0.2, 0.25) is 0 Å². The molecule has 1 aromatic carbocycles. The maximum Gasteiger partial charge on any atom is 0.0320 e. The van der Waals surface area contributed by atoms with Crippen LogP contribution in [0.15, 0.2) is 24.3 Å². The molecular formula is C18H31N. The second kappa shape index (κ2) is 9.14. The lowest BCUT2D eigenvalue weighted by atomic mass is 9.97. The van der Waals surface area contributed by atoms with Crippen LogP contribution in [0.3, 0.4) is 0 Å². The Hall–Kier alpha value is -0.820. The van der Waals surface area contributed by atoms with E-state index in [4.69, 9.17) is 0 Å². The van der Waals surface area contributed by atoms with E-state index in [1.54, 1.807) is 0 Å². The third-order valence-corrected chi connectivity index (χ3v) is 3.57. The molecule has 0 aliphatic rings. The molecule has 0 saturated carbocycles. The Labute approximate surface area is 119 Å². The molecule has 1 N–H and O–H groups in total.